The molecular formula is C51H97NO7. The van der Waals surface area contributed by atoms with E-state index in [4.69, 9.17) is 14.2 Å². The van der Waals surface area contributed by atoms with Crippen LogP contribution < -0.4 is 5.11 Å². The van der Waals surface area contributed by atoms with Crippen LogP contribution in [0.25, 0.3) is 0 Å². The normalized spacial score (nSPS) is 12.9. The zero-order chi connectivity index (χ0) is 43.5. The molecule has 0 aliphatic heterocycles. The average Bonchev–Trinajstić information content (AvgIpc) is 3.19. The molecule has 0 heterocycles. The van der Waals surface area contributed by atoms with Crippen LogP contribution in [0.1, 0.15) is 245 Å². The Morgan fingerprint density at radius 2 is 0.847 bits per heavy atom. The van der Waals surface area contributed by atoms with E-state index in [1.54, 1.807) is 0 Å². The number of carbonyl (C=O) groups excluding carboxylic acids is 3. The Labute approximate surface area is 365 Å². The van der Waals surface area contributed by atoms with Crippen molar-refractivity contribution >= 4 is 17.9 Å². The Kier molecular flexibility index (Phi) is 41.3. The zero-order valence-corrected chi connectivity index (χ0v) is 39.7. The van der Waals surface area contributed by atoms with Crippen LogP contribution in [0.4, 0.5) is 0 Å². The smallest absolute Gasteiger partial charge is 0.306 e. The first-order valence-electron chi connectivity index (χ1n) is 25.2. The van der Waals surface area contributed by atoms with E-state index in [0.717, 1.165) is 38.5 Å². The number of likely N-dealkylation sites (N-methyl/N-ethyl adjacent to an activating group) is 1. The van der Waals surface area contributed by atoms with Gasteiger partial charge in [-0.2, -0.15) is 0 Å². The Hall–Kier alpha value is -1.93. The van der Waals surface area contributed by atoms with E-state index >= 15 is 0 Å². The minimum absolute atomic E-state index is 0.0455. The predicted octanol–water partition coefficient (Wildman–Crippen LogP) is 12.9. The second-order valence-corrected chi connectivity index (χ2v) is 18.4. The van der Waals surface area contributed by atoms with Crippen LogP contribution in [-0.4, -0.2) is 75.5 Å². The monoisotopic (exact) mass is 836 g/mol. The summed E-state index contributed by atoms with van der Waals surface area (Å²) in [5, 5.41) is 11.6. The number of carbonyl (C=O) groups is 3. The van der Waals surface area contributed by atoms with E-state index in [9.17, 15) is 19.5 Å². The fourth-order valence-corrected chi connectivity index (χ4v) is 7.71. The van der Waals surface area contributed by atoms with Crippen LogP contribution in [0.5, 0.6) is 0 Å². The third-order valence-corrected chi connectivity index (χ3v) is 11.7. The van der Waals surface area contributed by atoms with Gasteiger partial charge in [0.1, 0.15) is 12.6 Å². The van der Waals surface area contributed by atoms with Crippen molar-refractivity contribution in [1.29, 1.82) is 0 Å². The summed E-state index contributed by atoms with van der Waals surface area (Å²) in [4.78, 5) is 37.0. The minimum atomic E-state index is -1.12. The van der Waals surface area contributed by atoms with Gasteiger partial charge in [-0.25, -0.2) is 0 Å². The third kappa shape index (κ3) is 41.2. The van der Waals surface area contributed by atoms with Crippen molar-refractivity contribution < 1.29 is 38.2 Å². The Bertz CT molecular complexity index is 978. The van der Waals surface area contributed by atoms with Gasteiger partial charge in [0, 0.05) is 19.3 Å². The lowest BCUT2D eigenvalue weighted by Crippen LogP contribution is -2.55. The maximum Gasteiger partial charge on any atom is 0.306 e. The van der Waals surface area contributed by atoms with Crippen LogP contribution >= 0.6 is 0 Å². The third-order valence-electron chi connectivity index (χ3n) is 11.7. The van der Waals surface area contributed by atoms with Crippen LogP contribution in [0, 0.1) is 0 Å². The highest BCUT2D eigenvalue weighted by Crippen LogP contribution is 2.16. The first-order chi connectivity index (χ1) is 28.6. The number of carboxylic acids is 1. The Morgan fingerprint density at radius 3 is 1.22 bits per heavy atom. The van der Waals surface area contributed by atoms with Crippen molar-refractivity contribution in [2.45, 2.75) is 257 Å². The number of allylic oxidation sites excluding steroid dienone is 2. The van der Waals surface area contributed by atoms with Crippen molar-refractivity contribution in [3.63, 3.8) is 0 Å². The molecule has 0 saturated carbocycles. The molecule has 0 spiro atoms. The second kappa shape index (κ2) is 42.7. The van der Waals surface area contributed by atoms with Gasteiger partial charge in [-0.15, -0.1) is 0 Å². The molecule has 0 saturated heterocycles. The summed E-state index contributed by atoms with van der Waals surface area (Å²) in [6.45, 7) is 4.70. The summed E-state index contributed by atoms with van der Waals surface area (Å²) in [7, 11) is 5.42. The molecule has 0 aromatic rings. The Morgan fingerprint density at radius 1 is 0.492 bits per heavy atom. The van der Waals surface area contributed by atoms with Crippen molar-refractivity contribution in [3.8, 4) is 0 Å². The summed E-state index contributed by atoms with van der Waals surface area (Å²) in [6, 6.07) is -0.722. The molecule has 2 unspecified atom stereocenters. The fourth-order valence-electron chi connectivity index (χ4n) is 7.71. The van der Waals surface area contributed by atoms with Crippen molar-refractivity contribution in [3.05, 3.63) is 12.2 Å². The molecule has 0 rings (SSSR count). The van der Waals surface area contributed by atoms with Crippen LogP contribution in [0.15, 0.2) is 12.2 Å². The molecule has 8 heteroatoms. The molecule has 348 valence electrons. The lowest BCUT2D eigenvalue weighted by molar-refractivity contribution is -0.889. The molecule has 0 aromatic heterocycles. The summed E-state index contributed by atoms with van der Waals surface area (Å²) >= 11 is 0. The first-order valence-corrected chi connectivity index (χ1v) is 25.2. The van der Waals surface area contributed by atoms with Gasteiger partial charge in [-0.05, 0) is 38.5 Å². The predicted molar refractivity (Wildman–Crippen MR) is 245 cm³/mol. The molecule has 8 nitrogen and oxygen atoms in total. The quantitative estimate of drug-likeness (QED) is 0.0260. The number of carboxylic acid groups (broad SMARTS) is 1. The Balaban J connectivity index is 4.22. The van der Waals surface area contributed by atoms with E-state index in [-0.39, 0.29) is 42.7 Å². The second-order valence-electron chi connectivity index (χ2n) is 18.4. The molecule has 0 aromatic carbocycles. The van der Waals surface area contributed by atoms with Crippen LogP contribution in [0.3, 0.4) is 0 Å². The van der Waals surface area contributed by atoms with Gasteiger partial charge in [0.2, 0.25) is 0 Å². The number of unbranched alkanes of at least 4 members (excludes halogenated alkanes) is 30. The van der Waals surface area contributed by atoms with Gasteiger partial charge in [0.15, 0.2) is 6.10 Å². The highest BCUT2D eigenvalue weighted by Gasteiger charge is 2.25. The lowest BCUT2D eigenvalue weighted by Gasteiger charge is -2.34. The topological polar surface area (TPSA) is 102 Å². The molecular weight excluding hydrogens is 739 g/mol. The molecule has 59 heavy (non-hydrogen) atoms. The summed E-state index contributed by atoms with van der Waals surface area (Å²) in [6.07, 6.45) is 46.6. The van der Waals surface area contributed by atoms with Gasteiger partial charge in [0.05, 0.1) is 40.3 Å². The van der Waals surface area contributed by atoms with Crippen molar-refractivity contribution in [2.75, 3.05) is 41.0 Å². The molecule has 0 aliphatic rings. The maximum absolute atomic E-state index is 12.8. The highest BCUT2D eigenvalue weighted by atomic mass is 16.6. The number of nitrogens with zero attached hydrogens (tertiary/aromatic N) is 1. The van der Waals surface area contributed by atoms with Crippen LogP contribution in [0.2, 0.25) is 0 Å². The number of rotatable bonds is 46. The standard InChI is InChI=1S/C51H97NO7/c1-6-8-10-12-14-16-18-20-22-23-24-25-26-28-29-31-33-35-37-39-41-49(53)58-46-47(45-57-44-43-48(51(55)56)52(3,4)5)59-50(54)42-40-38-36-34-32-30-27-21-19-17-15-13-11-9-7-2/h24-25,47-48H,6-23,26-46H2,1-5H3/b25-24+. The van der Waals surface area contributed by atoms with Gasteiger partial charge in [-0.1, -0.05) is 199 Å². The van der Waals surface area contributed by atoms with Crippen molar-refractivity contribution in [1.82, 2.24) is 0 Å². The van der Waals surface area contributed by atoms with Gasteiger partial charge in [-0.3, -0.25) is 9.59 Å². The molecule has 0 amide bonds. The van der Waals surface area contributed by atoms with E-state index in [1.165, 1.54) is 173 Å². The molecule has 0 N–H and O–H groups in total. The number of esters is 2. The van der Waals surface area contributed by atoms with Crippen LogP contribution in [-0.2, 0) is 28.6 Å². The lowest BCUT2D eigenvalue weighted by atomic mass is 10.0. The molecule has 2 atom stereocenters. The number of hydrogen-bond donors (Lipinski definition) is 0. The number of hydrogen-bond acceptors (Lipinski definition) is 7. The van der Waals surface area contributed by atoms with Gasteiger partial charge < -0.3 is 28.6 Å². The van der Waals surface area contributed by atoms with E-state index < -0.39 is 18.1 Å². The molecule has 0 radical (unpaired) electrons. The fraction of sp³-hybridized carbons (Fsp3) is 0.902. The molecule has 0 fully saturated rings. The number of ether oxygens (including phenoxy) is 3. The van der Waals surface area contributed by atoms with Crippen molar-refractivity contribution in [2.24, 2.45) is 0 Å². The average molecular weight is 836 g/mol. The van der Waals surface area contributed by atoms with E-state index in [0.29, 0.717) is 12.8 Å². The molecule has 0 aliphatic carbocycles. The SMILES string of the molecule is CCCCCCCCCCC/C=C/CCCCCCCCCC(=O)OCC(COCCC(C(=O)[O-])[N+](C)(C)C)OC(=O)CCCCCCCCCCCCCCCCC. The maximum atomic E-state index is 12.8. The number of quaternary nitrogens is 1. The number of aliphatic carboxylic acids is 1. The van der Waals surface area contributed by atoms with E-state index in [2.05, 4.69) is 26.0 Å². The first kappa shape index (κ1) is 57.1. The van der Waals surface area contributed by atoms with E-state index in [1.807, 2.05) is 21.1 Å². The van der Waals surface area contributed by atoms with Gasteiger partial charge in [0.25, 0.3) is 0 Å². The summed E-state index contributed by atoms with van der Waals surface area (Å²) in [5.74, 6) is -1.72. The minimum Gasteiger partial charge on any atom is -0.544 e. The van der Waals surface area contributed by atoms with Gasteiger partial charge >= 0.3 is 11.9 Å². The zero-order valence-electron chi connectivity index (χ0n) is 39.7. The highest BCUT2D eigenvalue weighted by molar-refractivity contribution is 5.70. The largest absolute Gasteiger partial charge is 0.544 e. The summed E-state index contributed by atoms with van der Waals surface area (Å²) < 4.78 is 17.2. The molecule has 0 bridgehead atoms. The summed E-state index contributed by atoms with van der Waals surface area (Å²) in [5.41, 5.74) is 0.